The van der Waals surface area contributed by atoms with Gasteiger partial charge in [0.1, 0.15) is 10.6 Å². The van der Waals surface area contributed by atoms with Crippen LogP contribution in [-0.4, -0.2) is 30.1 Å². The molecule has 1 aliphatic heterocycles. The lowest BCUT2D eigenvalue weighted by atomic mass is 9.98. The van der Waals surface area contributed by atoms with Crippen LogP contribution in [0.25, 0.3) is 0 Å². The van der Waals surface area contributed by atoms with Crippen LogP contribution in [0.15, 0.2) is 5.38 Å². The van der Waals surface area contributed by atoms with E-state index in [0.29, 0.717) is 6.04 Å². The third-order valence-corrected chi connectivity index (χ3v) is 5.83. The molecule has 0 saturated carbocycles. The molecule has 2 heterocycles. The fourth-order valence-corrected chi connectivity index (χ4v) is 4.49. The largest absolute Gasteiger partial charge is 0.371 e. The highest BCUT2D eigenvalue weighted by molar-refractivity contribution is 7.99. The first-order chi connectivity index (χ1) is 8.75. The molecular weight excluding hydrogens is 264 g/mol. The highest BCUT2D eigenvalue weighted by Gasteiger charge is 2.32. The van der Waals surface area contributed by atoms with Gasteiger partial charge in [-0.25, -0.2) is 4.98 Å². The molecule has 102 valence electrons. The lowest BCUT2D eigenvalue weighted by molar-refractivity contribution is -0.0220. The van der Waals surface area contributed by atoms with Gasteiger partial charge in [0.15, 0.2) is 0 Å². The highest BCUT2D eigenvalue weighted by Crippen LogP contribution is 2.36. The van der Waals surface area contributed by atoms with Crippen LogP contribution in [0.5, 0.6) is 0 Å². The Morgan fingerprint density at radius 1 is 1.50 bits per heavy atom. The van der Waals surface area contributed by atoms with Crippen LogP contribution in [0.3, 0.4) is 0 Å². The molecule has 3 nitrogen and oxygen atoms in total. The van der Waals surface area contributed by atoms with Crippen LogP contribution in [0.2, 0.25) is 0 Å². The molecule has 1 aromatic heterocycles. The van der Waals surface area contributed by atoms with Crippen LogP contribution >= 0.6 is 23.1 Å². The van der Waals surface area contributed by atoms with E-state index < -0.39 is 0 Å². The third kappa shape index (κ3) is 2.74. The Morgan fingerprint density at radius 2 is 2.28 bits per heavy atom. The van der Waals surface area contributed by atoms with E-state index in [1.807, 2.05) is 11.8 Å². The molecule has 0 amide bonds. The standard InChI is InChI=1S/C13H22N2OS2/c1-4-13(5-2,16-3)12-15-11(9-18-12)10-8-17-7-6-14-10/h9-10,14H,4-8H2,1-3H3. The average Bonchev–Trinajstić information content (AvgIpc) is 2.93. The summed E-state index contributed by atoms with van der Waals surface area (Å²) in [6.07, 6.45) is 1.94. The van der Waals surface area contributed by atoms with Gasteiger partial charge in [-0.2, -0.15) is 11.8 Å². The predicted octanol–water partition coefficient (Wildman–Crippen LogP) is 3.18. The normalized spacial score (nSPS) is 21.2. The first-order valence-corrected chi connectivity index (χ1v) is 8.61. The van der Waals surface area contributed by atoms with Crippen molar-refractivity contribution in [3.05, 3.63) is 16.1 Å². The molecule has 0 radical (unpaired) electrons. The summed E-state index contributed by atoms with van der Waals surface area (Å²) in [6.45, 7) is 5.42. The molecule has 5 heteroatoms. The molecule has 1 aliphatic rings. The summed E-state index contributed by atoms with van der Waals surface area (Å²) in [5.41, 5.74) is 0.996. The van der Waals surface area contributed by atoms with E-state index in [1.165, 1.54) is 11.4 Å². The molecule has 0 bridgehead atoms. The summed E-state index contributed by atoms with van der Waals surface area (Å²) >= 11 is 3.74. The Hall–Kier alpha value is -0.100. The average molecular weight is 286 g/mol. The van der Waals surface area contributed by atoms with Gasteiger partial charge < -0.3 is 10.1 Å². The van der Waals surface area contributed by atoms with Crippen molar-refractivity contribution in [1.29, 1.82) is 0 Å². The number of ether oxygens (including phenoxy) is 1. The van der Waals surface area contributed by atoms with Gasteiger partial charge in [-0.3, -0.25) is 0 Å². The van der Waals surface area contributed by atoms with Crippen molar-refractivity contribution in [2.75, 3.05) is 25.2 Å². The number of methoxy groups -OCH3 is 1. The van der Waals surface area contributed by atoms with Crippen LogP contribution < -0.4 is 5.32 Å². The monoisotopic (exact) mass is 286 g/mol. The topological polar surface area (TPSA) is 34.1 Å². The molecule has 0 aliphatic carbocycles. The van der Waals surface area contributed by atoms with Crippen LogP contribution in [0.4, 0.5) is 0 Å². The molecule has 0 aromatic carbocycles. The number of hydrogen-bond donors (Lipinski definition) is 1. The minimum atomic E-state index is -0.190. The van der Waals surface area contributed by atoms with E-state index in [2.05, 4.69) is 24.5 Å². The Kier molecular flexibility index (Phi) is 5.06. The van der Waals surface area contributed by atoms with Crippen molar-refractivity contribution < 1.29 is 4.74 Å². The van der Waals surface area contributed by atoms with Gasteiger partial charge in [-0.05, 0) is 12.8 Å². The van der Waals surface area contributed by atoms with Gasteiger partial charge >= 0.3 is 0 Å². The van der Waals surface area contributed by atoms with E-state index in [1.54, 1.807) is 18.4 Å². The lowest BCUT2D eigenvalue weighted by Crippen LogP contribution is -2.31. The molecule has 1 aromatic rings. The first kappa shape index (κ1) is 14.3. The van der Waals surface area contributed by atoms with Gasteiger partial charge in [0.25, 0.3) is 0 Å². The van der Waals surface area contributed by atoms with Gasteiger partial charge in [0, 0.05) is 30.5 Å². The molecule has 1 N–H and O–H groups in total. The van der Waals surface area contributed by atoms with Crippen LogP contribution in [-0.2, 0) is 10.3 Å². The minimum absolute atomic E-state index is 0.190. The van der Waals surface area contributed by atoms with E-state index >= 15 is 0 Å². The number of aromatic nitrogens is 1. The number of nitrogens with one attached hydrogen (secondary N) is 1. The number of rotatable bonds is 5. The Bertz CT molecular complexity index is 363. The molecule has 1 saturated heterocycles. The zero-order chi connectivity index (χ0) is 13.0. The predicted molar refractivity (Wildman–Crippen MR) is 79.5 cm³/mol. The van der Waals surface area contributed by atoms with E-state index in [4.69, 9.17) is 9.72 Å². The van der Waals surface area contributed by atoms with Crippen molar-refractivity contribution in [1.82, 2.24) is 10.3 Å². The second-order valence-electron chi connectivity index (χ2n) is 4.56. The highest BCUT2D eigenvalue weighted by atomic mass is 32.2. The molecule has 18 heavy (non-hydrogen) atoms. The fourth-order valence-electron chi connectivity index (χ4n) is 2.34. The van der Waals surface area contributed by atoms with Crippen molar-refractivity contribution in [2.45, 2.75) is 38.3 Å². The SMILES string of the molecule is CCC(CC)(OC)c1nc(C2CSCCN2)cs1. The zero-order valence-corrected chi connectivity index (χ0v) is 13.0. The quantitative estimate of drug-likeness (QED) is 0.901. The molecule has 1 fully saturated rings. The van der Waals surface area contributed by atoms with E-state index in [0.717, 1.165) is 30.1 Å². The number of hydrogen-bond acceptors (Lipinski definition) is 5. The summed E-state index contributed by atoms with van der Waals surface area (Å²) in [7, 11) is 1.79. The maximum Gasteiger partial charge on any atom is 0.125 e. The summed E-state index contributed by atoms with van der Waals surface area (Å²) < 4.78 is 5.75. The number of nitrogens with zero attached hydrogens (tertiary/aromatic N) is 1. The smallest absolute Gasteiger partial charge is 0.125 e. The Morgan fingerprint density at radius 3 is 2.83 bits per heavy atom. The van der Waals surface area contributed by atoms with Crippen molar-refractivity contribution >= 4 is 23.1 Å². The lowest BCUT2D eigenvalue weighted by Gasteiger charge is -2.28. The fraction of sp³-hybridized carbons (Fsp3) is 0.769. The van der Waals surface area contributed by atoms with Gasteiger partial charge in [0.05, 0.1) is 11.7 Å². The molecule has 2 rings (SSSR count). The Labute approximate surface area is 118 Å². The third-order valence-electron chi connectivity index (χ3n) is 3.72. The number of thiazole rings is 1. The van der Waals surface area contributed by atoms with Crippen LogP contribution in [0.1, 0.15) is 43.4 Å². The second-order valence-corrected chi connectivity index (χ2v) is 6.57. The van der Waals surface area contributed by atoms with Crippen LogP contribution in [0, 0.1) is 0 Å². The van der Waals surface area contributed by atoms with E-state index in [-0.39, 0.29) is 5.60 Å². The zero-order valence-electron chi connectivity index (χ0n) is 11.4. The molecular formula is C13H22N2OS2. The first-order valence-electron chi connectivity index (χ1n) is 6.58. The van der Waals surface area contributed by atoms with Crippen molar-refractivity contribution in [3.8, 4) is 0 Å². The summed E-state index contributed by atoms with van der Waals surface area (Å²) in [6, 6.07) is 0.414. The van der Waals surface area contributed by atoms with E-state index in [9.17, 15) is 0 Å². The summed E-state index contributed by atoms with van der Waals surface area (Å²) in [5.74, 6) is 2.33. The maximum absolute atomic E-state index is 5.75. The van der Waals surface area contributed by atoms with Crippen molar-refractivity contribution in [2.24, 2.45) is 0 Å². The summed E-state index contributed by atoms with van der Waals surface area (Å²) in [5, 5.41) is 6.86. The number of thioether (sulfide) groups is 1. The second kappa shape index (κ2) is 6.37. The van der Waals surface area contributed by atoms with Gasteiger partial charge in [0.2, 0.25) is 0 Å². The van der Waals surface area contributed by atoms with Gasteiger partial charge in [-0.1, -0.05) is 13.8 Å². The Balaban J connectivity index is 2.18. The maximum atomic E-state index is 5.75. The molecule has 0 spiro atoms. The van der Waals surface area contributed by atoms with Gasteiger partial charge in [-0.15, -0.1) is 11.3 Å². The minimum Gasteiger partial charge on any atom is -0.371 e. The molecule has 1 atom stereocenters. The van der Waals surface area contributed by atoms with Crippen molar-refractivity contribution in [3.63, 3.8) is 0 Å². The summed E-state index contributed by atoms with van der Waals surface area (Å²) in [4.78, 5) is 4.84. The molecule has 1 unspecified atom stereocenters.